The Morgan fingerprint density at radius 1 is 1.39 bits per heavy atom. The van der Waals surface area contributed by atoms with Crippen molar-refractivity contribution in [1.82, 2.24) is 4.98 Å². The molecule has 0 bridgehead atoms. The Hall–Kier alpha value is -1.88. The number of aromatic nitrogens is 1. The van der Waals surface area contributed by atoms with Gasteiger partial charge in [0.05, 0.1) is 10.0 Å². The van der Waals surface area contributed by atoms with E-state index in [-0.39, 0.29) is 5.91 Å². The summed E-state index contributed by atoms with van der Waals surface area (Å²) in [5, 5.41) is 2.73. The first-order valence-electron chi connectivity index (χ1n) is 5.36. The van der Waals surface area contributed by atoms with Gasteiger partial charge in [0.2, 0.25) is 0 Å². The molecule has 1 amide bonds. The molecule has 1 aromatic heterocycles. The number of carbonyl (C=O) groups excluding carboxylic acids is 1. The number of carbonyl (C=O) groups is 1. The highest BCUT2D eigenvalue weighted by atomic mass is 79.9. The number of pyridine rings is 1. The third-order valence-electron chi connectivity index (χ3n) is 2.43. The second kappa shape index (κ2) is 5.18. The highest BCUT2D eigenvalue weighted by molar-refractivity contribution is 9.10. The Bertz CT molecular complexity index is 599. The van der Waals surface area contributed by atoms with Gasteiger partial charge in [0.1, 0.15) is 5.82 Å². The molecule has 2 aromatic rings. The number of nitrogen functional groups attached to an aromatic ring is 1. The summed E-state index contributed by atoms with van der Waals surface area (Å²) in [6.45, 7) is 1.94. The summed E-state index contributed by atoms with van der Waals surface area (Å²) in [4.78, 5) is 16.1. The number of nitrogens with one attached hydrogen (secondary N) is 1. The summed E-state index contributed by atoms with van der Waals surface area (Å²) in [5.41, 5.74) is 7.78. The van der Waals surface area contributed by atoms with E-state index in [4.69, 9.17) is 5.73 Å². The van der Waals surface area contributed by atoms with Crippen molar-refractivity contribution in [2.75, 3.05) is 11.1 Å². The maximum absolute atomic E-state index is 12.1. The molecule has 5 heteroatoms. The van der Waals surface area contributed by atoms with E-state index in [0.717, 1.165) is 5.56 Å². The second-order valence-electron chi connectivity index (χ2n) is 3.88. The van der Waals surface area contributed by atoms with Gasteiger partial charge in [0.25, 0.3) is 5.91 Å². The summed E-state index contributed by atoms with van der Waals surface area (Å²) in [6, 6.07) is 8.83. The molecular weight excluding hydrogens is 294 g/mol. The fraction of sp³-hybridized carbons (Fsp3) is 0.0769. The lowest BCUT2D eigenvalue weighted by atomic mass is 10.2. The van der Waals surface area contributed by atoms with Crippen molar-refractivity contribution in [1.29, 1.82) is 0 Å². The Morgan fingerprint density at radius 2 is 2.17 bits per heavy atom. The van der Waals surface area contributed by atoms with E-state index in [1.54, 1.807) is 30.5 Å². The van der Waals surface area contributed by atoms with E-state index in [1.165, 1.54) is 0 Å². The van der Waals surface area contributed by atoms with Crippen molar-refractivity contribution in [3.8, 4) is 0 Å². The molecule has 0 spiro atoms. The topological polar surface area (TPSA) is 68.0 Å². The van der Waals surface area contributed by atoms with Crippen molar-refractivity contribution in [2.24, 2.45) is 0 Å². The summed E-state index contributed by atoms with van der Waals surface area (Å²) >= 11 is 3.30. The van der Waals surface area contributed by atoms with Gasteiger partial charge >= 0.3 is 0 Å². The number of benzene rings is 1. The molecule has 0 saturated carbocycles. The first-order chi connectivity index (χ1) is 8.58. The van der Waals surface area contributed by atoms with Gasteiger partial charge in [0.15, 0.2) is 0 Å². The minimum absolute atomic E-state index is 0.243. The molecule has 0 aliphatic heterocycles. The standard InChI is InChI=1S/C13H12BrN3O/c1-8-5-6-16-11(7-8)17-13(18)9-3-2-4-10(15)12(9)14/h2-7H,15H2,1H3,(H,16,17,18). The average molecular weight is 306 g/mol. The molecule has 18 heavy (non-hydrogen) atoms. The lowest BCUT2D eigenvalue weighted by molar-refractivity contribution is 0.102. The Balaban J connectivity index is 2.25. The molecule has 2 rings (SSSR count). The van der Waals surface area contributed by atoms with Crippen LogP contribution in [-0.4, -0.2) is 10.9 Å². The molecule has 0 aliphatic carbocycles. The molecule has 0 fully saturated rings. The van der Waals surface area contributed by atoms with E-state index < -0.39 is 0 Å². The zero-order valence-corrected chi connectivity index (χ0v) is 11.4. The van der Waals surface area contributed by atoms with E-state index >= 15 is 0 Å². The number of anilines is 2. The zero-order valence-electron chi connectivity index (χ0n) is 9.77. The molecule has 0 unspecified atom stereocenters. The van der Waals surface area contributed by atoms with Crippen LogP contribution in [0.2, 0.25) is 0 Å². The van der Waals surface area contributed by atoms with Crippen LogP contribution in [0.1, 0.15) is 15.9 Å². The van der Waals surface area contributed by atoms with E-state index in [1.807, 2.05) is 13.0 Å². The maximum Gasteiger partial charge on any atom is 0.258 e. The molecule has 0 radical (unpaired) electrons. The predicted octanol–water partition coefficient (Wildman–Crippen LogP) is 2.99. The molecule has 3 N–H and O–H groups in total. The summed E-state index contributed by atoms with van der Waals surface area (Å²) in [7, 11) is 0. The third kappa shape index (κ3) is 2.68. The molecule has 4 nitrogen and oxygen atoms in total. The fourth-order valence-corrected chi connectivity index (χ4v) is 1.96. The number of hydrogen-bond donors (Lipinski definition) is 2. The van der Waals surface area contributed by atoms with Gasteiger partial charge in [-0.15, -0.1) is 0 Å². The van der Waals surface area contributed by atoms with Crippen LogP contribution in [0.5, 0.6) is 0 Å². The van der Waals surface area contributed by atoms with Crippen molar-refractivity contribution in [3.05, 3.63) is 52.1 Å². The third-order valence-corrected chi connectivity index (χ3v) is 3.32. The van der Waals surface area contributed by atoms with Crippen LogP contribution < -0.4 is 11.1 Å². The van der Waals surface area contributed by atoms with Gasteiger partial charge in [0, 0.05) is 11.9 Å². The lowest BCUT2D eigenvalue weighted by Gasteiger charge is -2.08. The largest absolute Gasteiger partial charge is 0.398 e. The molecule has 0 saturated heterocycles. The van der Waals surface area contributed by atoms with Gasteiger partial charge < -0.3 is 11.1 Å². The van der Waals surface area contributed by atoms with Crippen molar-refractivity contribution in [3.63, 3.8) is 0 Å². The van der Waals surface area contributed by atoms with E-state index in [2.05, 4.69) is 26.2 Å². The number of amides is 1. The van der Waals surface area contributed by atoms with Crippen LogP contribution in [0.4, 0.5) is 11.5 Å². The number of rotatable bonds is 2. The van der Waals surface area contributed by atoms with E-state index in [9.17, 15) is 4.79 Å². The second-order valence-corrected chi connectivity index (χ2v) is 4.67. The molecule has 0 atom stereocenters. The summed E-state index contributed by atoms with van der Waals surface area (Å²) < 4.78 is 0.593. The maximum atomic E-state index is 12.1. The van der Waals surface area contributed by atoms with Crippen LogP contribution >= 0.6 is 15.9 Å². The van der Waals surface area contributed by atoms with Gasteiger partial charge in [-0.3, -0.25) is 4.79 Å². The highest BCUT2D eigenvalue weighted by Gasteiger charge is 2.12. The number of nitrogens with two attached hydrogens (primary N) is 1. The molecule has 1 aromatic carbocycles. The Kier molecular flexibility index (Phi) is 3.62. The van der Waals surface area contributed by atoms with Gasteiger partial charge in [-0.25, -0.2) is 4.98 Å². The quantitative estimate of drug-likeness (QED) is 0.838. The zero-order chi connectivity index (χ0) is 13.1. The first kappa shape index (κ1) is 12.6. The normalized spacial score (nSPS) is 10.1. The summed E-state index contributed by atoms with van der Waals surface area (Å²) in [5.74, 6) is 0.279. The predicted molar refractivity (Wildman–Crippen MR) is 75.5 cm³/mol. The Morgan fingerprint density at radius 3 is 2.89 bits per heavy atom. The van der Waals surface area contributed by atoms with Crippen LogP contribution in [0.25, 0.3) is 0 Å². The monoisotopic (exact) mass is 305 g/mol. The molecule has 1 heterocycles. The number of halogens is 1. The SMILES string of the molecule is Cc1ccnc(NC(=O)c2cccc(N)c2Br)c1. The van der Waals surface area contributed by atoms with Gasteiger partial charge in [-0.1, -0.05) is 6.07 Å². The minimum atomic E-state index is -0.243. The van der Waals surface area contributed by atoms with Crippen molar-refractivity contribution < 1.29 is 4.79 Å². The van der Waals surface area contributed by atoms with Crippen LogP contribution in [0.3, 0.4) is 0 Å². The van der Waals surface area contributed by atoms with Crippen molar-refractivity contribution >= 4 is 33.3 Å². The van der Waals surface area contributed by atoms with Gasteiger partial charge in [-0.05, 0) is 52.7 Å². The van der Waals surface area contributed by atoms with Crippen molar-refractivity contribution in [2.45, 2.75) is 6.92 Å². The van der Waals surface area contributed by atoms with Crippen LogP contribution in [0, 0.1) is 6.92 Å². The van der Waals surface area contributed by atoms with Gasteiger partial charge in [-0.2, -0.15) is 0 Å². The van der Waals surface area contributed by atoms with E-state index in [0.29, 0.717) is 21.5 Å². The highest BCUT2D eigenvalue weighted by Crippen LogP contribution is 2.24. The minimum Gasteiger partial charge on any atom is -0.398 e. The first-order valence-corrected chi connectivity index (χ1v) is 6.15. The number of nitrogens with zero attached hydrogens (tertiary/aromatic N) is 1. The van der Waals surface area contributed by atoms with Crippen LogP contribution in [0.15, 0.2) is 41.0 Å². The number of aryl methyl sites for hydroxylation is 1. The van der Waals surface area contributed by atoms with Crippen LogP contribution in [-0.2, 0) is 0 Å². The number of hydrogen-bond acceptors (Lipinski definition) is 3. The Labute approximate surface area is 113 Å². The fourth-order valence-electron chi connectivity index (χ4n) is 1.51. The average Bonchev–Trinajstić information content (AvgIpc) is 2.32. The smallest absolute Gasteiger partial charge is 0.258 e. The molecule has 0 aliphatic rings. The molecule has 92 valence electrons. The molecular formula is C13H12BrN3O. The summed E-state index contributed by atoms with van der Waals surface area (Å²) in [6.07, 6.45) is 1.65. The lowest BCUT2D eigenvalue weighted by Crippen LogP contribution is -2.14.